The van der Waals surface area contributed by atoms with E-state index in [9.17, 15) is 8.42 Å². The molecule has 0 saturated carbocycles. The first kappa shape index (κ1) is 17.3. The molecule has 1 saturated heterocycles. The average Bonchev–Trinajstić information content (AvgIpc) is 2.46. The first-order valence-electron chi connectivity index (χ1n) is 8.14. The lowest BCUT2D eigenvalue weighted by Gasteiger charge is -2.34. The predicted octanol–water partition coefficient (Wildman–Crippen LogP) is 3.31. The molecule has 0 radical (unpaired) electrons. The first-order valence-corrected chi connectivity index (χ1v) is 9.58. The van der Waals surface area contributed by atoms with E-state index < -0.39 is 10.0 Å². The summed E-state index contributed by atoms with van der Waals surface area (Å²) < 4.78 is 33.0. The Balaban J connectivity index is 2.33. The van der Waals surface area contributed by atoms with Crippen molar-refractivity contribution in [3.63, 3.8) is 0 Å². The lowest BCUT2D eigenvalue weighted by atomic mass is 9.94. The summed E-state index contributed by atoms with van der Waals surface area (Å²) in [6.07, 6.45) is 1.85. The highest BCUT2D eigenvalue weighted by Gasteiger charge is 2.31. The molecular weight excluding hydrogens is 298 g/mol. The number of nitrogens with zero attached hydrogens (tertiary/aromatic N) is 1. The van der Waals surface area contributed by atoms with Crippen LogP contribution in [0.15, 0.2) is 23.1 Å². The smallest absolute Gasteiger partial charge is 0.243 e. The largest absolute Gasteiger partial charge is 0.494 e. The van der Waals surface area contributed by atoms with E-state index in [-0.39, 0.29) is 0 Å². The zero-order chi connectivity index (χ0) is 16.3. The highest BCUT2D eigenvalue weighted by atomic mass is 32.2. The number of rotatable bonds is 5. The molecule has 1 heterocycles. The molecule has 0 N–H and O–H groups in total. The molecule has 22 heavy (non-hydrogen) atoms. The maximum atomic E-state index is 12.9. The fourth-order valence-electron chi connectivity index (χ4n) is 3.24. The molecule has 1 aromatic rings. The maximum absolute atomic E-state index is 12.9. The van der Waals surface area contributed by atoms with Gasteiger partial charge in [-0.1, -0.05) is 20.8 Å². The van der Waals surface area contributed by atoms with Crippen LogP contribution < -0.4 is 4.74 Å². The third-order valence-corrected chi connectivity index (χ3v) is 6.01. The van der Waals surface area contributed by atoms with Gasteiger partial charge < -0.3 is 4.74 Å². The Morgan fingerprint density at radius 3 is 2.36 bits per heavy atom. The molecule has 0 aliphatic carbocycles. The molecule has 2 atom stereocenters. The van der Waals surface area contributed by atoms with Crippen LogP contribution in [0.2, 0.25) is 0 Å². The van der Waals surface area contributed by atoms with E-state index in [1.807, 2.05) is 13.8 Å². The molecule has 0 aromatic heterocycles. The van der Waals surface area contributed by atoms with Crippen molar-refractivity contribution in [2.24, 2.45) is 11.8 Å². The summed E-state index contributed by atoms with van der Waals surface area (Å²) >= 11 is 0. The molecule has 0 bridgehead atoms. The van der Waals surface area contributed by atoms with Crippen LogP contribution >= 0.6 is 0 Å². The van der Waals surface area contributed by atoms with Crippen LogP contribution in [0.1, 0.15) is 39.7 Å². The molecular formula is C17H27NO3S. The molecule has 1 aromatic carbocycles. The summed E-state index contributed by atoms with van der Waals surface area (Å²) in [6, 6.07) is 5.22. The van der Waals surface area contributed by atoms with E-state index in [0.29, 0.717) is 36.4 Å². The van der Waals surface area contributed by atoms with Crippen molar-refractivity contribution in [3.8, 4) is 5.75 Å². The van der Waals surface area contributed by atoms with E-state index >= 15 is 0 Å². The van der Waals surface area contributed by atoms with Gasteiger partial charge in [-0.2, -0.15) is 4.31 Å². The van der Waals surface area contributed by atoms with Crippen molar-refractivity contribution in [2.45, 2.75) is 45.4 Å². The zero-order valence-electron chi connectivity index (χ0n) is 14.0. The van der Waals surface area contributed by atoms with Gasteiger partial charge in [-0.25, -0.2) is 8.42 Å². The van der Waals surface area contributed by atoms with Crippen LogP contribution in [0.4, 0.5) is 0 Å². The van der Waals surface area contributed by atoms with Crippen molar-refractivity contribution in [1.29, 1.82) is 0 Å². The summed E-state index contributed by atoms with van der Waals surface area (Å²) in [5.41, 5.74) is 0.945. The molecule has 2 unspecified atom stereocenters. The number of hydrogen-bond donors (Lipinski definition) is 0. The van der Waals surface area contributed by atoms with Crippen molar-refractivity contribution in [2.75, 3.05) is 19.7 Å². The second-order valence-corrected chi connectivity index (χ2v) is 8.26. The summed E-state index contributed by atoms with van der Waals surface area (Å²) in [5.74, 6) is 1.60. The van der Waals surface area contributed by atoms with E-state index in [1.54, 1.807) is 22.5 Å². The van der Waals surface area contributed by atoms with Crippen LogP contribution in [-0.2, 0) is 16.4 Å². The molecule has 2 rings (SSSR count). The molecule has 4 nitrogen and oxygen atoms in total. The topological polar surface area (TPSA) is 46.6 Å². The number of sulfonamides is 1. The van der Waals surface area contributed by atoms with Gasteiger partial charge in [-0.05, 0) is 55.4 Å². The lowest BCUT2D eigenvalue weighted by Crippen LogP contribution is -2.42. The Hall–Kier alpha value is -1.07. The van der Waals surface area contributed by atoms with Crippen molar-refractivity contribution >= 4 is 10.0 Å². The zero-order valence-corrected chi connectivity index (χ0v) is 14.8. The van der Waals surface area contributed by atoms with Gasteiger partial charge in [-0.15, -0.1) is 0 Å². The minimum atomic E-state index is -3.41. The second kappa shape index (κ2) is 7.01. The van der Waals surface area contributed by atoms with Gasteiger partial charge in [0.1, 0.15) is 5.75 Å². The van der Waals surface area contributed by atoms with Gasteiger partial charge in [-0.3, -0.25) is 0 Å². The Labute approximate surface area is 134 Å². The lowest BCUT2D eigenvalue weighted by molar-refractivity contribution is 0.222. The third-order valence-electron chi connectivity index (χ3n) is 4.19. The highest BCUT2D eigenvalue weighted by Crippen LogP contribution is 2.29. The Bertz CT molecular complexity index is 602. The van der Waals surface area contributed by atoms with Gasteiger partial charge in [0.05, 0.1) is 11.5 Å². The van der Waals surface area contributed by atoms with Crippen LogP contribution in [0.5, 0.6) is 5.75 Å². The first-order chi connectivity index (χ1) is 10.4. The van der Waals surface area contributed by atoms with Crippen LogP contribution in [0.3, 0.4) is 0 Å². The van der Waals surface area contributed by atoms with Gasteiger partial charge in [0.15, 0.2) is 0 Å². The average molecular weight is 325 g/mol. The molecule has 0 amide bonds. The Morgan fingerprint density at radius 2 is 1.82 bits per heavy atom. The molecule has 0 spiro atoms. The quantitative estimate of drug-likeness (QED) is 0.834. The third kappa shape index (κ3) is 3.63. The highest BCUT2D eigenvalue weighted by molar-refractivity contribution is 7.89. The SMILES string of the molecule is CCOc1ccc(S(=O)(=O)N2CC(C)CC(C)C2)cc1CC. The molecule has 1 fully saturated rings. The van der Waals surface area contributed by atoms with E-state index in [2.05, 4.69) is 13.8 Å². The van der Waals surface area contributed by atoms with E-state index in [4.69, 9.17) is 4.74 Å². The van der Waals surface area contributed by atoms with Crippen LogP contribution in [0, 0.1) is 11.8 Å². The molecule has 1 aliphatic rings. The van der Waals surface area contributed by atoms with Crippen molar-refractivity contribution in [1.82, 2.24) is 4.31 Å². The van der Waals surface area contributed by atoms with Crippen LogP contribution in [-0.4, -0.2) is 32.4 Å². The fraction of sp³-hybridized carbons (Fsp3) is 0.647. The predicted molar refractivity (Wildman–Crippen MR) is 88.7 cm³/mol. The van der Waals surface area contributed by atoms with Gasteiger partial charge >= 0.3 is 0 Å². The number of aryl methyl sites for hydroxylation is 1. The summed E-state index contributed by atoms with van der Waals surface area (Å²) in [6.45, 7) is 9.99. The number of piperidine rings is 1. The van der Waals surface area contributed by atoms with Gasteiger partial charge in [0.25, 0.3) is 0 Å². The number of ether oxygens (including phenoxy) is 1. The number of benzene rings is 1. The van der Waals surface area contributed by atoms with Gasteiger partial charge in [0.2, 0.25) is 10.0 Å². The minimum absolute atomic E-state index is 0.383. The normalized spacial score (nSPS) is 23.5. The van der Waals surface area contributed by atoms with Crippen molar-refractivity contribution in [3.05, 3.63) is 23.8 Å². The Kier molecular flexibility index (Phi) is 5.50. The maximum Gasteiger partial charge on any atom is 0.243 e. The van der Waals surface area contributed by atoms with Crippen LogP contribution in [0.25, 0.3) is 0 Å². The standard InChI is InChI=1S/C17H27NO3S/c1-5-15-10-16(7-8-17(15)21-6-2)22(19,20)18-11-13(3)9-14(4)12-18/h7-8,10,13-14H,5-6,9,11-12H2,1-4H3. The minimum Gasteiger partial charge on any atom is -0.494 e. The molecule has 5 heteroatoms. The molecule has 124 valence electrons. The van der Waals surface area contributed by atoms with Gasteiger partial charge in [0, 0.05) is 13.1 Å². The van der Waals surface area contributed by atoms with Crippen molar-refractivity contribution < 1.29 is 13.2 Å². The number of hydrogen-bond acceptors (Lipinski definition) is 3. The summed E-state index contributed by atoms with van der Waals surface area (Å²) in [7, 11) is -3.41. The monoisotopic (exact) mass is 325 g/mol. The fourth-order valence-corrected chi connectivity index (χ4v) is 4.97. The van der Waals surface area contributed by atoms with E-state index in [1.165, 1.54) is 0 Å². The molecule has 1 aliphatic heterocycles. The van der Waals surface area contributed by atoms with E-state index in [0.717, 1.165) is 24.2 Å². The summed E-state index contributed by atoms with van der Waals surface area (Å²) in [5, 5.41) is 0. The Morgan fingerprint density at radius 1 is 1.18 bits per heavy atom. The second-order valence-electron chi connectivity index (χ2n) is 6.32. The summed E-state index contributed by atoms with van der Waals surface area (Å²) in [4.78, 5) is 0.383.